The molecule has 0 aliphatic rings. The average Bonchev–Trinajstić information content (AvgIpc) is 2.75. The number of nitrogens with one attached hydrogen (secondary N) is 2. The van der Waals surface area contributed by atoms with Gasteiger partial charge in [0.1, 0.15) is 11.5 Å². The minimum atomic E-state index is -0.311. The lowest BCUT2D eigenvalue weighted by atomic mass is 10.2. The Balaban J connectivity index is 1.53. The largest absolute Gasteiger partial charge is 0.492 e. The number of carbonyl (C=O) groups is 1. The number of hydrogen-bond acceptors (Lipinski definition) is 4. The molecule has 0 saturated carbocycles. The number of ether oxygens (including phenoxy) is 2. The summed E-state index contributed by atoms with van der Waals surface area (Å²) in [4.78, 5) is 12.6. The molecule has 0 aliphatic carbocycles. The highest BCUT2D eigenvalue weighted by Gasteiger charge is 2.11. The Morgan fingerprint density at radius 3 is 2.53 bits per heavy atom. The third kappa shape index (κ3) is 7.35. The van der Waals surface area contributed by atoms with Crippen molar-refractivity contribution in [3.63, 3.8) is 0 Å². The quantitative estimate of drug-likeness (QED) is 0.363. The molecule has 0 saturated heterocycles. The lowest BCUT2D eigenvalue weighted by molar-refractivity contribution is 0.0977. The molecule has 0 radical (unpaired) electrons. The molecule has 0 atom stereocenters. The predicted octanol–water partition coefficient (Wildman–Crippen LogP) is 5.98. The average molecular weight is 513 g/mol. The first-order valence-corrected chi connectivity index (χ1v) is 11.5. The highest BCUT2D eigenvalue weighted by molar-refractivity contribution is 9.10. The number of benzene rings is 3. The van der Waals surface area contributed by atoms with Gasteiger partial charge < -0.3 is 14.8 Å². The van der Waals surface area contributed by atoms with Crippen LogP contribution in [0.2, 0.25) is 0 Å². The van der Waals surface area contributed by atoms with Gasteiger partial charge >= 0.3 is 0 Å². The van der Waals surface area contributed by atoms with Crippen LogP contribution in [0.5, 0.6) is 11.5 Å². The molecule has 0 aromatic heterocycles. The van der Waals surface area contributed by atoms with Gasteiger partial charge in [-0.25, -0.2) is 0 Å². The minimum absolute atomic E-state index is 0.0700. The van der Waals surface area contributed by atoms with Gasteiger partial charge in [0.25, 0.3) is 5.91 Å². The molecule has 3 rings (SSSR count). The molecular weight excluding hydrogens is 488 g/mol. The number of amides is 1. The van der Waals surface area contributed by atoms with Crippen LogP contribution < -0.4 is 20.1 Å². The van der Waals surface area contributed by atoms with Crippen LogP contribution in [-0.2, 0) is 6.42 Å². The van der Waals surface area contributed by atoms with Crippen molar-refractivity contribution in [2.24, 2.45) is 0 Å². The zero-order chi connectivity index (χ0) is 22.9. The van der Waals surface area contributed by atoms with E-state index in [9.17, 15) is 4.79 Å². The summed E-state index contributed by atoms with van der Waals surface area (Å²) in [7, 11) is 0. The molecule has 0 heterocycles. The Morgan fingerprint density at radius 2 is 1.81 bits per heavy atom. The number of thiocarbonyl (C=S) groups is 1. The van der Waals surface area contributed by atoms with E-state index in [4.69, 9.17) is 21.7 Å². The summed E-state index contributed by atoms with van der Waals surface area (Å²) < 4.78 is 12.2. The smallest absolute Gasteiger partial charge is 0.257 e. The standard InChI is InChI=1S/C25H25BrN2O3S/c1-17(2)31-21-10-6-9-20(16-21)27-25(32)28-24(29)19-11-12-23(22(26)15-19)30-14-13-18-7-4-3-5-8-18/h3-12,15-17H,13-14H2,1-2H3,(H2,27,28,29,32). The van der Waals surface area contributed by atoms with E-state index in [0.717, 1.165) is 17.9 Å². The normalized spacial score (nSPS) is 10.5. The van der Waals surface area contributed by atoms with E-state index in [0.29, 0.717) is 22.4 Å². The number of carbonyl (C=O) groups excluding carboxylic acids is 1. The van der Waals surface area contributed by atoms with Gasteiger partial charge in [0.05, 0.1) is 17.2 Å². The highest BCUT2D eigenvalue weighted by Crippen LogP contribution is 2.26. The number of rotatable bonds is 8. The van der Waals surface area contributed by atoms with Gasteiger partial charge in [-0.15, -0.1) is 0 Å². The van der Waals surface area contributed by atoms with E-state index in [1.807, 2.05) is 56.3 Å². The van der Waals surface area contributed by atoms with Gasteiger partial charge in [0.15, 0.2) is 5.11 Å². The fourth-order valence-corrected chi connectivity index (χ4v) is 3.64. The van der Waals surface area contributed by atoms with Crippen LogP contribution >= 0.6 is 28.1 Å². The summed E-state index contributed by atoms with van der Waals surface area (Å²) in [6.07, 6.45) is 0.874. The summed E-state index contributed by atoms with van der Waals surface area (Å²) >= 11 is 8.77. The molecule has 0 bridgehead atoms. The Morgan fingerprint density at radius 1 is 1.03 bits per heavy atom. The van der Waals surface area contributed by atoms with Gasteiger partial charge in [0.2, 0.25) is 0 Å². The van der Waals surface area contributed by atoms with Crippen molar-refractivity contribution in [3.05, 3.63) is 88.4 Å². The highest BCUT2D eigenvalue weighted by atomic mass is 79.9. The first-order chi connectivity index (χ1) is 15.4. The van der Waals surface area contributed by atoms with Gasteiger partial charge in [-0.1, -0.05) is 36.4 Å². The maximum Gasteiger partial charge on any atom is 0.257 e. The molecule has 166 valence electrons. The van der Waals surface area contributed by atoms with E-state index in [1.165, 1.54) is 5.56 Å². The Kier molecular flexibility index (Phi) is 8.64. The molecule has 5 nitrogen and oxygen atoms in total. The molecule has 0 fully saturated rings. The van der Waals surface area contributed by atoms with Crippen LogP contribution in [0.3, 0.4) is 0 Å². The number of anilines is 1. The van der Waals surface area contributed by atoms with Crippen molar-refractivity contribution >= 4 is 44.9 Å². The topological polar surface area (TPSA) is 59.6 Å². The maximum atomic E-state index is 12.6. The SMILES string of the molecule is CC(C)Oc1cccc(NC(=S)NC(=O)c2ccc(OCCc3ccccc3)c(Br)c2)c1. The van der Waals surface area contributed by atoms with Gasteiger partial charge in [-0.2, -0.15) is 0 Å². The minimum Gasteiger partial charge on any atom is -0.492 e. The lowest BCUT2D eigenvalue weighted by Gasteiger charge is -2.13. The van der Waals surface area contributed by atoms with Crippen LogP contribution in [0.15, 0.2) is 77.3 Å². The number of hydrogen-bond donors (Lipinski definition) is 2. The third-order valence-corrected chi connectivity index (χ3v) is 5.20. The van der Waals surface area contributed by atoms with Gasteiger partial charge in [-0.05, 0) is 77.9 Å². The van der Waals surface area contributed by atoms with Crippen LogP contribution in [0.25, 0.3) is 0 Å². The fourth-order valence-electron chi connectivity index (χ4n) is 2.94. The summed E-state index contributed by atoms with van der Waals surface area (Å²) in [5, 5.41) is 5.91. The van der Waals surface area contributed by atoms with E-state index in [-0.39, 0.29) is 17.1 Å². The van der Waals surface area contributed by atoms with Crippen molar-refractivity contribution in [3.8, 4) is 11.5 Å². The van der Waals surface area contributed by atoms with E-state index < -0.39 is 0 Å². The van der Waals surface area contributed by atoms with Crippen LogP contribution in [-0.4, -0.2) is 23.7 Å². The molecule has 0 unspecified atom stereocenters. The first-order valence-electron chi connectivity index (χ1n) is 10.3. The molecular formula is C25H25BrN2O3S. The molecule has 0 spiro atoms. The van der Waals surface area contributed by atoms with Crippen LogP contribution in [0.1, 0.15) is 29.8 Å². The number of halogens is 1. The molecule has 2 N–H and O–H groups in total. The van der Waals surface area contributed by atoms with Crippen molar-refractivity contribution in [2.45, 2.75) is 26.4 Å². The zero-order valence-electron chi connectivity index (χ0n) is 17.9. The first kappa shape index (κ1) is 23.8. The fraction of sp³-hybridized carbons (Fsp3) is 0.200. The van der Waals surface area contributed by atoms with Crippen molar-refractivity contribution in [1.82, 2.24) is 5.32 Å². The summed E-state index contributed by atoms with van der Waals surface area (Å²) in [5.41, 5.74) is 2.41. The molecule has 32 heavy (non-hydrogen) atoms. The Bertz CT molecular complexity index is 1070. The summed E-state index contributed by atoms with van der Waals surface area (Å²) in [5.74, 6) is 1.10. The molecule has 3 aromatic rings. The zero-order valence-corrected chi connectivity index (χ0v) is 20.3. The third-order valence-electron chi connectivity index (χ3n) is 4.38. The summed E-state index contributed by atoms with van der Waals surface area (Å²) in [6.45, 7) is 4.47. The second-order valence-corrected chi connectivity index (χ2v) is 8.59. The monoisotopic (exact) mass is 512 g/mol. The molecule has 3 aromatic carbocycles. The van der Waals surface area contributed by atoms with E-state index in [2.05, 4.69) is 38.7 Å². The van der Waals surface area contributed by atoms with Crippen molar-refractivity contribution in [2.75, 3.05) is 11.9 Å². The second kappa shape index (κ2) is 11.6. The predicted molar refractivity (Wildman–Crippen MR) is 136 cm³/mol. The van der Waals surface area contributed by atoms with Crippen molar-refractivity contribution in [1.29, 1.82) is 0 Å². The summed E-state index contributed by atoms with van der Waals surface area (Å²) in [6, 6.07) is 22.7. The Hall–Kier alpha value is -2.90. The molecule has 1 amide bonds. The Labute approximate surface area is 202 Å². The maximum absolute atomic E-state index is 12.6. The van der Waals surface area contributed by atoms with E-state index >= 15 is 0 Å². The van der Waals surface area contributed by atoms with Crippen LogP contribution in [0.4, 0.5) is 5.69 Å². The van der Waals surface area contributed by atoms with Crippen LogP contribution in [0, 0.1) is 0 Å². The lowest BCUT2D eigenvalue weighted by Crippen LogP contribution is -2.34. The second-order valence-electron chi connectivity index (χ2n) is 7.33. The van der Waals surface area contributed by atoms with Crippen molar-refractivity contribution < 1.29 is 14.3 Å². The molecule has 7 heteroatoms. The van der Waals surface area contributed by atoms with Gasteiger partial charge in [-0.3, -0.25) is 10.1 Å². The van der Waals surface area contributed by atoms with E-state index in [1.54, 1.807) is 18.2 Å². The molecule has 0 aliphatic heterocycles. The van der Waals surface area contributed by atoms with Gasteiger partial charge in [0, 0.05) is 23.7 Å².